The molecule has 0 N–H and O–H groups in total. The average molecular weight is 217 g/mol. The Morgan fingerprint density at radius 2 is 2.31 bits per heavy atom. The first-order chi connectivity index (χ1) is 6.26. The molecule has 2 rings (SSSR count). The average Bonchev–Trinajstić information content (AvgIpc) is 2.90. The lowest BCUT2D eigenvalue weighted by Crippen LogP contribution is -2.43. The molecule has 1 aliphatic heterocycles. The minimum Gasteiger partial charge on any atom is -0.298 e. The molecule has 1 atom stereocenters. The van der Waals surface area contributed by atoms with Gasteiger partial charge in [0.25, 0.3) is 0 Å². The smallest absolute Gasteiger partial charge is 0.0158 e. The molecular weight excluding hydrogens is 198 g/mol. The van der Waals surface area contributed by atoms with Gasteiger partial charge in [-0.25, -0.2) is 0 Å². The Morgan fingerprint density at radius 1 is 1.54 bits per heavy atom. The lowest BCUT2D eigenvalue weighted by Gasteiger charge is -2.35. The van der Waals surface area contributed by atoms with Crippen LogP contribution in [-0.2, 0) is 0 Å². The van der Waals surface area contributed by atoms with Gasteiger partial charge in [-0.2, -0.15) is 24.4 Å². The van der Waals surface area contributed by atoms with Gasteiger partial charge in [0.15, 0.2) is 0 Å². The number of thiol groups is 1. The monoisotopic (exact) mass is 217 g/mol. The van der Waals surface area contributed by atoms with Crippen molar-refractivity contribution in [3.05, 3.63) is 0 Å². The van der Waals surface area contributed by atoms with Gasteiger partial charge < -0.3 is 0 Å². The second-order valence-corrected chi connectivity index (χ2v) is 6.02. The summed E-state index contributed by atoms with van der Waals surface area (Å²) in [5.74, 6) is 3.74. The third-order valence-corrected chi connectivity index (χ3v) is 5.20. The molecule has 0 bridgehead atoms. The van der Waals surface area contributed by atoms with E-state index in [1.807, 2.05) is 0 Å². The molecule has 0 spiro atoms. The molecule has 1 saturated carbocycles. The van der Waals surface area contributed by atoms with Crippen LogP contribution in [0.25, 0.3) is 0 Å². The molecule has 2 fully saturated rings. The van der Waals surface area contributed by atoms with Crippen molar-refractivity contribution in [2.24, 2.45) is 5.41 Å². The van der Waals surface area contributed by atoms with Crippen LogP contribution in [0.2, 0.25) is 0 Å². The van der Waals surface area contributed by atoms with Gasteiger partial charge in [-0.1, -0.05) is 0 Å². The molecule has 1 heterocycles. The summed E-state index contributed by atoms with van der Waals surface area (Å²) in [6.45, 7) is 4.96. The summed E-state index contributed by atoms with van der Waals surface area (Å²) in [7, 11) is 0. The highest BCUT2D eigenvalue weighted by molar-refractivity contribution is 7.99. The lowest BCUT2D eigenvalue weighted by atomic mass is 10.1. The van der Waals surface area contributed by atoms with Crippen LogP contribution in [0.3, 0.4) is 0 Å². The normalized spacial score (nSPS) is 33.2. The van der Waals surface area contributed by atoms with Gasteiger partial charge in [-0.15, -0.1) is 0 Å². The first kappa shape index (κ1) is 10.2. The van der Waals surface area contributed by atoms with Crippen molar-refractivity contribution in [2.45, 2.75) is 25.8 Å². The highest BCUT2D eigenvalue weighted by Crippen LogP contribution is 2.47. The number of thioether (sulfide) groups is 1. The number of nitrogens with zero attached hydrogens (tertiary/aromatic N) is 1. The topological polar surface area (TPSA) is 3.24 Å². The Hall–Kier alpha value is 0.660. The quantitative estimate of drug-likeness (QED) is 0.722. The van der Waals surface area contributed by atoms with Gasteiger partial charge in [0.05, 0.1) is 0 Å². The molecular formula is C10H19NS2. The SMILES string of the molecule is CC1CSCCN1CC1(CS)CC1. The fourth-order valence-electron chi connectivity index (χ4n) is 1.97. The van der Waals surface area contributed by atoms with Crippen LogP contribution < -0.4 is 0 Å². The van der Waals surface area contributed by atoms with Gasteiger partial charge in [0, 0.05) is 30.6 Å². The Morgan fingerprint density at radius 3 is 2.85 bits per heavy atom. The van der Waals surface area contributed by atoms with Crippen molar-refractivity contribution in [2.75, 3.05) is 30.3 Å². The molecule has 0 amide bonds. The van der Waals surface area contributed by atoms with Crippen LogP contribution in [0.4, 0.5) is 0 Å². The van der Waals surface area contributed by atoms with E-state index in [0.717, 1.165) is 11.8 Å². The predicted molar refractivity (Wildman–Crippen MR) is 63.9 cm³/mol. The van der Waals surface area contributed by atoms with Crippen LogP contribution in [0, 0.1) is 5.41 Å². The van der Waals surface area contributed by atoms with Crippen molar-refractivity contribution in [3.8, 4) is 0 Å². The minimum atomic E-state index is 0.610. The van der Waals surface area contributed by atoms with Gasteiger partial charge >= 0.3 is 0 Å². The van der Waals surface area contributed by atoms with Crippen LogP contribution in [-0.4, -0.2) is 41.3 Å². The van der Waals surface area contributed by atoms with E-state index in [-0.39, 0.29) is 0 Å². The third kappa shape index (κ3) is 2.37. The van der Waals surface area contributed by atoms with Crippen molar-refractivity contribution in [1.82, 2.24) is 4.90 Å². The second kappa shape index (κ2) is 4.03. The van der Waals surface area contributed by atoms with Crippen LogP contribution >= 0.6 is 24.4 Å². The first-order valence-electron chi connectivity index (χ1n) is 5.18. The van der Waals surface area contributed by atoms with Gasteiger partial charge in [0.2, 0.25) is 0 Å². The molecule has 13 heavy (non-hydrogen) atoms. The van der Waals surface area contributed by atoms with E-state index in [0.29, 0.717) is 5.41 Å². The first-order valence-corrected chi connectivity index (χ1v) is 6.97. The largest absolute Gasteiger partial charge is 0.298 e. The minimum absolute atomic E-state index is 0.610. The molecule has 1 aliphatic carbocycles. The zero-order valence-electron chi connectivity index (χ0n) is 8.33. The fraction of sp³-hybridized carbons (Fsp3) is 1.00. The van der Waals surface area contributed by atoms with E-state index in [4.69, 9.17) is 0 Å². The summed E-state index contributed by atoms with van der Waals surface area (Å²) in [6.07, 6.45) is 2.82. The summed E-state index contributed by atoms with van der Waals surface area (Å²) < 4.78 is 0. The number of hydrogen-bond acceptors (Lipinski definition) is 3. The van der Waals surface area contributed by atoms with E-state index >= 15 is 0 Å². The molecule has 76 valence electrons. The van der Waals surface area contributed by atoms with Crippen molar-refractivity contribution in [1.29, 1.82) is 0 Å². The maximum absolute atomic E-state index is 4.46. The van der Waals surface area contributed by atoms with Gasteiger partial charge in [0.1, 0.15) is 0 Å². The molecule has 1 unspecified atom stereocenters. The molecule has 2 aliphatic rings. The zero-order chi connectivity index (χ0) is 9.31. The Balaban J connectivity index is 1.85. The van der Waals surface area contributed by atoms with Gasteiger partial charge in [-0.3, -0.25) is 4.90 Å². The number of rotatable bonds is 3. The van der Waals surface area contributed by atoms with Crippen molar-refractivity contribution >= 4 is 24.4 Å². The molecule has 1 nitrogen and oxygen atoms in total. The highest BCUT2D eigenvalue weighted by atomic mass is 32.2. The fourth-order valence-corrected chi connectivity index (χ4v) is 3.47. The Bertz CT molecular complexity index is 180. The van der Waals surface area contributed by atoms with E-state index in [1.54, 1.807) is 0 Å². The highest BCUT2D eigenvalue weighted by Gasteiger charge is 2.43. The van der Waals surface area contributed by atoms with Crippen molar-refractivity contribution in [3.63, 3.8) is 0 Å². The second-order valence-electron chi connectivity index (χ2n) is 4.55. The summed E-state index contributed by atoms with van der Waals surface area (Å²) in [6, 6.07) is 0.788. The summed E-state index contributed by atoms with van der Waals surface area (Å²) in [5.41, 5.74) is 0.610. The van der Waals surface area contributed by atoms with E-state index in [1.165, 1.54) is 37.4 Å². The summed E-state index contributed by atoms with van der Waals surface area (Å²) in [4.78, 5) is 2.67. The predicted octanol–water partition coefficient (Wildman–Crippen LogP) is 2.13. The Kier molecular flexibility index (Phi) is 3.16. The molecule has 1 saturated heterocycles. The maximum atomic E-state index is 4.46. The van der Waals surface area contributed by atoms with Gasteiger partial charge in [-0.05, 0) is 30.9 Å². The molecule has 0 aromatic heterocycles. The van der Waals surface area contributed by atoms with Crippen LogP contribution in [0.5, 0.6) is 0 Å². The zero-order valence-corrected chi connectivity index (χ0v) is 10.0. The molecule has 0 aromatic carbocycles. The third-order valence-electron chi connectivity index (χ3n) is 3.34. The molecule has 0 aromatic rings. The maximum Gasteiger partial charge on any atom is 0.0158 e. The summed E-state index contributed by atoms with van der Waals surface area (Å²) >= 11 is 6.56. The van der Waals surface area contributed by atoms with E-state index in [9.17, 15) is 0 Å². The number of hydrogen-bond donors (Lipinski definition) is 1. The molecule has 3 heteroatoms. The standard InChI is InChI=1S/C10H19NS2/c1-9-6-13-5-4-11(9)7-10(8-12)2-3-10/h9,12H,2-8H2,1H3. The van der Waals surface area contributed by atoms with Crippen LogP contribution in [0.15, 0.2) is 0 Å². The molecule has 0 radical (unpaired) electrons. The van der Waals surface area contributed by atoms with Crippen LogP contribution in [0.1, 0.15) is 19.8 Å². The van der Waals surface area contributed by atoms with E-state index < -0.39 is 0 Å². The van der Waals surface area contributed by atoms with E-state index in [2.05, 4.69) is 36.2 Å². The Labute approximate surface area is 91.1 Å². The summed E-state index contributed by atoms with van der Waals surface area (Å²) in [5, 5.41) is 0. The van der Waals surface area contributed by atoms with Crippen molar-refractivity contribution < 1.29 is 0 Å². The lowest BCUT2D eigenvalue weighted by molar-refractivity contribution is 0.195.